The van der Waals surface area contributed by atoms with E-state index in [0.29, 0.717) is 0 Å². The number of benzene rings is 4. The van der Waals surface area contributed by atoms with Crippen LogP contribution in [0.4, 0.5) is 0 Å². The van der Waals surface area contributed by atoms with Gasteiger partial charge in [0, 0.05) is 57.7 Å². The molecule has 2 nitrogen and oxygen atoms in total. The number of hydrogen-bond donors (Lipinski definition) is 0. The number of fused-ring (bicyclic) bond motifs is 6. The quantitative estimate of drug-likeness (QED) is 0.280. The van der Waals surface area contributed by atoms with Gasteiger partial charge in [0.2, 0.25) is 0 Å². The summed E-state index contributed by atoms with van der Waals surface area (Å²) in [6.45, 7) is 4.42. The van der Waals surface area contributed by atoms with E-state index in [1.807, 2.05) is 0 Å². The van der Waals surface area contributed by atoms with Gasteiger partial charge in [-0.1, -0.05) is 42.5 Å². The third-order valence-electron chi connectivity index (χ3n) is 6.82. The zero-order valence-corrected chi connectivity index (χ0v) is 17.8. The van der Waals surface area contributed by atoms with Crippen LogP contribution in [0.3, 0.4) is 0 Å². The zero-order chi connectivity index (χ0) is 20.6. The van der Waals surface area contributed by atoms with Crippen molar-refractivity contribution in [3.8, 4) is 11.1 Å². The molecule has 2 heterocycles. The Morgan fingerprint density at radius 2 is 1.03 bits per heavy atom. The van der Waals surface area contributed by atoms with E-state index in [1.165, 1.54) is 65.9 Å². The fraction of sp³-hybridized carbons (Fsp3) is 0.143. The highest BCUT2D eigenvalue weighted by atomic mass is 15.0. The molecule has 0 saturated carbocycles. The first-order chi connectivity index (χ1) is 14.5. The summed E-state index contributed by atoms with van der Waals surface area (Å²) in [5.41, 5.74) is 10.4. The Morgan fingerprint density at radius 1 is 0.467 bits per heavy atom. The van der Waals surface area contributed by atoms with Gasteiger partial charge in [0.05, 0.1) is 0 Å². The first kappa shape index (κ1) is 17.3. The minimum absolute atomic E-state index is 1.28. The van der Waals surface area contributed by atoms with Crippen LogP contribution in [0.2, 0.25) is 0 Å². The Labute approximate surface area is 176 Å². The molecule has 2 aromatic heterocycles. The predicted molar refractivity (Wildman–Crippen MR) is 129 cm³/mol. The fourth-order valence-electron chi connectivity index (χ4n) is 5.17. The molecule has 0 aliphatic carbocycles. The molecule has 0 spiro atoms. The highest BCUT2D eigenvalue weighted by molar-refractivity contribution is 6.18. The Bertz CT molecular complexity index is 1630. The first-order valence-electron chi connectivity index (χ1n) is 10.5. The molecule has 0 N–H and O–H groups in total. The van der Waals surface area contributed by atoms with Crippen LogP contribution >= 0.6 is 0 Å². The van der Waals surface area contributed by atoms with Gasteiger partial charge in [-0.15, -0.1) is 0 Å². The van der Waals surface area contributed by atoms with Gasteiger partial charge in [-0.05, 0) is 66.4 Å². The van der Waals surface area contributed by atoms with E-state index in [9.17, 15) is 0 Å². The topological polar surface area (TPSA) is 9.86 Å². The number of rotatable bonds is 1. The number of para-hydroxylation sites is 1. The van der Waals surface area contributed by atoms with Crippen LogP contribution in [0, 0.1) is 13.8 Å². The van der Waals surface area contributed by atoms with Crippen LogP contribution in [-0.2, 0) is 14.1 Å². The molecule has 0 fully saturated rings. The lowest BCUT2D eigenvalue weighted by Crippen LogP contribution is -1.90. The molecule has 0 bridgehead atoms. The molecule has 0 atom stereocenters. The minimum Gasteiger partial charge on any atom is -0.344 e. The maximum absolute atomic E-state index is 2.37. The Kier molecular flexibility index (Phi) is 3.47. The van der Waals surface area contributed by atoms with Crippen molar-refractivity contribution in [3.63, 3.8) is 0 Å². The van der Waals surface area contributed by atoms with E-state index in [0.717, 1.165) is 0 Å². The van der Waals surface area contributed by atoms with Crippen molar-refractivity contribution in [1.82, 2.24) is 9.13 Å². The van der Waals surface area contributed by atoms with Gasteiger partial charge in [0.15, 0.2) is 0 Å². The molecule has 0 amide bonds. The largest absolute Gasteiger partial charge is 0.344 e. The normalized spacial score (nSPS) is 12.0. The highest BCUT2D eigenvalue weighted by Crippen LogP contribution is 2.38. The van der Waals surface area contributed by atoms with Crippen molar-refractivity contribution in [2.75, 3.05) is 0 Å². The van der Waals surface area contributed by atoms with Crippen molar-refractivity contribution in [2.24, 2.45) is 14.1 Å². The van der Waals surface area contributed by atoms with Crippen molar-refractivity contribution in [1.29, 1.82) is 0 Å². The van der Waals surface area contributed by atoms with Crippen LogP contribution in [-0.4, -0.2) is 9.13 Å². The smallest absolute Gasteiger partial charge is 0.0496 e. The van der Waals surface area contributed by atoms with Gasteiger partial charge in [-0.3, -0.25) is 0 Å². The predicted octanol–water partition coefficient (Wildman–Crippen LogP) is 7.26. The molecule has 30 heavy (non-hydrogen) atoms. The van der Waals surface area contributed by atoms with Crippen LogP contribution in [0.1, 0.15) is 11.1 Å². The Morgan fingerprint density at radius 3 is 1.80 bits per heavy atom. The summed E-state index contributed by atoms with van der Waals surface area (Å²) in [5, 5.41) is 5.29. The second kappa shape index (κ2) is 5.99. The van der Waals surface area contributed by atoms with Crippen LogP contribution in [0.5, 0.6) is 0 Å². The van der Waals surface area contributed by atoms with Crippen molar-refractivity contribution in [3.05, 3.63) is 83.9 Å². The molecule has 4 aromatic carbocycles. The van der Waals surface area contributed by atoms with Gasteiger partial charge in [0.1, 0.15) is 0 Å². The summed E-state index contributed by atoms with van der Waals surface area (Å²) in [6, 6.07) is 26.8. The molecular formula is C28H24N2. The first-order valence-corrected chi connectivity index (χ1v) is 10.5. The Hall–Kier alpha value is -3.52. The standard InChI is InChI=1S/C28H24N2/c1-17-9-5-6-10-19(17)21-14-26-22(13-18(21)2)24-16-27-23(15-28(24)30(26)4)20-11-7-8-12-25(20)29(27)3/h5-16H,1-4H3. The maximum atomic E-state index is 2.37. The number of aryl methyl sites for hydroxylation is 4. The lowest BCUT2D eigenvalue weighted by atomic mass is 9.95. The highest BCUT2D eigenvalue weighted by Gasteiger charge is 2.16. The second-order valence-electron chi connectivity index (χ2n) is 8.52. The molecule has 0 saturated heterocycles. The molecular weight excluding hydrogens is 364 g/mol. The zero-order valence-electron chi connectivity index (χ0n) is 17.8. The minimum atomic E-state index is 1.28. The van der Waals surface area contributed by atoms with E-state index in [4.69, 9.17) is 0 Å². The van der Waals surface area contributed by atoms with Gasteiger partial charge >= 0.3 is 0 Å². The van der Waals surface area contributed by atoms with E-state index in [1.54, 1.807) is 0 Å². The lowest BCUT2D eigenvalue weighted by molar-refractivity contribution is 1.01. The van der Waals surface area contributed by atoms with Gasteiger partial charge in [-0.25, -0.2) is 0 Å². The third-order valence-corrected chi connectivity index (χ3v) is 6.82. The van der Waals surface area contributed by atoms with E-state index >= 15 is 0 Å². The molecule has 0 unspecified atom stereocenters. The van der Waals surface area contributed by atoms with E-state index < -0.39 is 0 Å². The number of aromatic nitrogens is 2. The molecule has 146 valence electrons. The van der Waals surface area contributed by atoms with Gasteiger partial charge < -0.3 is 9.13 Å². The molecule has 2 heteroatoms. The molecule has 0 aliphatic rings. The summed E-state index contributed by atoms with van der Waals surface area (Å²) in [6.07, 6.45) is 0. The molecule has 6 aromatic rings. The van der Waals surface area contributed by atoms with Gasteiger partial charge in [0.25, 0.3) is 0 Å². The summed E-state index contributed by atoms with van der Waals surface area (Å²) in [7, 11) is 4.36. The van der Waals surface area contributed by atoms with Crippen LogP contribution in [0.15, 0.2) is 72.8 Å². The summed E-state index contributed by atoms with van der Waals surface area (Å²) in [4.78, 5) is 0. The van der Waals surface area contributed by atoms with Crippen LogP contribution < -0.4 is 0 Å². The Balaban J connectivity index is 1.74. The second-order valence-corrected chi connectivity index (χ2v) is 8.52. The van der Waals surface area contributed by atoms with E-state index in [2.05, 4.69) is 110 Å². The maximum Gasteiger partial charge on any atom is 0.0496 e. The summed E-state index contributed by atoms with van der Waals surface area (Å²) >= 11 is 0. The monoisotopic (exact) mass is 388 g/mol. The molecule has 6 rings (SSSR count). The average molecular weight is 389 g/mol. The lowest BCUT2D eigenvalue weighted by Gasteiger charge is -2.10. The fourth-order valence-corrected chi connectivity index (χ4v) is 5.17. The van der Waals surface area contributed by atoms with Crippen LogP contribution in [0.25, 0.3) is 54.7 Å². The molecule has 0 radical (unpaired) electrons. The molecule has 0 aliphatic heterocycles. The summed E-state index contributed by atoms with van der Waals surface area (Å²) < 4.78 is 4.67. The SMILES string of the molecule is Cc1ccccc1-c1cc2c(cc1C)c1cc3c(cc1n2C)c1ccccc1n3C. The van der Waals surface area contributed by atoms with E-state index in [-0.39, 0.29) is 0 Å². The van der Waals surface area contributed by atoms with Crippen molar-refractivity contribution < 1.29 is 0 Å². The average Bonchev–Trinajstić information content (AvgIpc) is 3.19. The van der Waals surface area contributed by atoms with Gasteiger partial charge in [-0.2, -0.15) is 0 Å². The number of hydrogen-bond acceptors (Lipinski definition) is 0. The van der Waals surface area contributed by atoms with Crippen molar-refractivity contribution in [2.45, 2.75) is 13.8 Å². The third kappa shape index (κ3) is 2.19. The van der Waals surface area contributed by atoms with Crippen molar-refractivity contribution >= 4 is 43.6 Å². The summed E-state index contributed by atoms with van der Waals surface area (Å²) in [5.74, 6) is 0. The number of nitrogens with zero attached hydrogens (tertiary/aromatic N) is 2.